The van der Waals surface area contributed by atoms with Gasteiger partial charge in [0, 0.05) is 23.1 Å². The number of carbonyl (C=O) groups is 2. The molecule has 0 radical (unpaired) electrons. The van der Waals surface area contributed by atoms with E-state index in [9.17, 15) is 18.0 Å². The van der Waals surface area contributed by atoms with Gasteiger partial charge in [-0.3, -0.25) is 13.9 Å². The lowest BCUT2D eigenvalue weighted by molar-refractivity contribution is -0.140. The Morgan fingerprint density at radius 2 is 1.61 bits per heavy atom. The third-order valence-electron chi connectivity index (χ3n) is 6.70. The van der Waals surface area contributed by atoms with Crippen LogP contribution in [0.25, 0.3) is 0 Å². The van der Waals surface area contributed by atoms with Crippen molar-refractivity contribution in [1.82, 2.24) is 10.2 Å². The highest BCUT2D eigenvalue weighted by Crippen LogP contribution is 2.30. The molecule has 0 saturated carbocycles. The zero-order valence-electron chi connectivity index (χ0n) is 24.0. The van der Waals surface area contributed by atoms with Crippen molar-refractivity contribution in [3.8, 4) is 0 Å². The Labute approximate surface area is 253 Å². The molecule has 0 bridgehead atoms. The fourth-order valence-electron chi connectivity index (χ4n) is 4.35. The van der Waals surface area contributed by atoms with Gasteiger partial charge in [0.2, 0.25) is 11.8 Å². The molecule has 3 aromatic carbocycles. The van der Waals surface area contributed by atoms with Crippen molar-refractivity contribution < 1.29 is 18.0 Å². The number of anilines is 1. The van der Waals surface area contributed by atoms with Crippen LogP contribution >= 0.6 is 23.2 Å². The van der Waals surface area contributed by atoms with Crippen molar-refractivity contribution in [2.45, 2.75) is 58.5 Å². The number of amides is 2. The van der Waals surface area contributed by atoms with Gasteiger partial charge in [0.25, 0.3) is 10.0 Å². The molecule has 0 saturated heterocycles. The Bertz CT molecular complexity index is 1480. The molecule has 7 nitrogen and oxygen atoms in total. The van der Waals surface area contributed by atoms with Gasteiger partial charge in [0.15, 0.2) is 0 Å². The first kappa shape index (κ1) is 32.4. The van der Waals surface area contributed by atoms with Gasteiger partial charge in [-0.25, -0.2) is 8.42 Å². The summed E-state index contributed by atoms with van der Waals surface area (Å²) in [6.07, 6.45) is 0.320. The minimum Gasteiger partial charge on any atom is -0.354 e. The smallest absolute Gasteiger partial charge is 0.264 e. The predicted octanol–water partition coefficient (Wildman–Crippen LogP) is 6.39. The third-order valence-corrected chi connectivity index (χ3v) is 9.07. The predicted molar refractivity (Wildman–Crippen MR) is 166 cm³/mol. The van der Waals surface area contributed by atoms with Crippen LogP contribution in [0.1, 0.15) is 43.9 Å². The molecule has 0 heterocycles. The molecule has 1 N–H and O–H groups in total. The average molecular weight is 619 g/mol. The maximum atomic E-state index is 14.2. The number of hydrogen-bond donors (Lipinski definition) is 1. The molecule has 10 heteroatoms. The van der Waals surface area contributed by atoms with E-state index in [0.717, 1.165) is 9.87 Å². The van der Waals surface area contributed by atoms with Gasteiger partial charge >= 0.3 is 0 Å². The van der Waals surface area contributed by atoms with E-state index in [2.05, 4.69) is 5.32 Å². The molecule has 1 atom stereocenters. The summed E-state index contributed by atoms with van der Waals surface area (Å²) in [6.45, 7) is 9.32. The quantitative estimate of drug-likeness (QED) is 0.255. The normalized spacial score (nSPS) is 12.2. The van der Waals surface area contributed by atoms with Crippen LogP contribution in [0.5, 0.6) is 0 Å². The number of nitrogens with one attached hydrogen (secondary N) is 1. The summed E-state index contributed by atoms with van der Waals surface area (Å²) in [5, 5.41) is 3.69. The minimum absolute atomic E-state index is 0.0268. The topological polar surface area (TPSA) is 86.8 Å². The highest BCUT2D eigenvalue weighted by molar-refractivity contribution is 7.92. The Morgan fingerprint density at radius 1 is 0.951 bits per heavy atom. The monoisotopic (exact) mass is 617 g/mol. The number of halogens is 2. The molecule has 0 aliphatic heterocycles. The number of rotatable bonds is 12. The number of sulfonamides is 1. The maximum Gasteiger partial charge on any atom is 0.264 e. The average Bonchev–Trinajstić information content (AvgIpc) is 2.93. The van der Waals surface area contributed by atoms with E-state index < -0.39 is 28.5 Å². The Kier molecular flexibility index (Phi) is 11.2. The van der Waals surface area contributed by atoms with Crippen LogP contribution in [0.4, 0.5) is 5.69 Å². The van der Waals surface area contributed by atoms with Gasteiger partial charge in [-0.2, -0.15) is 0 Å². The summed E-state index contributed by atoms with van der Waals surface area (Å²) in [5.41, 5.74) is 2.44. The van der Waals surface area contributed by atoms with E-state index in [1.54, 1.807) is 55.5 Å². The van der Waals surface area contributed by atoms with Crippen LogP contribution in [0.15, 0.2) is 71.6 Å². The van der Waals surface area contributed by atoms with Crippen molar-refractivity contribution in [3.05, 3.63) is 93.5 Å². The van der Waals surface area contributed by atoms with Crippen LogP contribution in [0.3, 0.4) is 0 Å². The number of hydrogen-bond acceptors (Lipinski definition) is 4. The van der Waals surface area contributed by atoms with E-state index in [0.29, 0.717) is 34.1 Å². The summed E-state index contributed by atoms with van der Waals surface area (Å²) in [6, 6.07) is 17.5. The summed E-state index contributed by atoms with van der Waals surface area (Å²) in [4.78, 5) is 28.9. The molecule has 0 aromatic heterocycles. The molecule has 41 heavy (non-hydrogen) atoms. The summed E-state index contributed by atoms with van der Waals surface area (Å²) >= 11 is 12.7. The lowest BCUT2D eigenvalue weighted by Crippen LogP contribution is -2.52. The molecule has 220 valence electrons. The van der Waals surface area contributed by atoms with Crippen molar-refractivity contribution >= 4 is 50.7 Å². The molecule has 2 amide bonds. The van der Waals surface area contributed by atoms with Gasteiger partial charge < -0.3 is 10.2 Å². The number of aryl methyl sites for hydroxylation is 2. The van der Waals surface area contributed by atoms with Gasteiger partial charge in [-0.1, -0.05) is 85.9 Å². The van der Waals surface area contributed by atoms with E-state index in [-0.39, 0.29) is 29.0 Å². The summed E-state index contributed by atoms with van der Waals surface area (Å²) < 4.78 is 29.2. The zero-order valence-corrected chi connectivity index (χ0v) is 26.4. The van der Waals surface area contributed by atoms with Gasteiger partial charge in [-0.05, 0) is 67.6 Å². The fraction of sp³-hybridized carbons (Fsp3) is 0.355. The van der Waals surface area contributed by atoms with E-state index in [1.165, 1.54) is 23.1 Å². The van der Waals surface area contributed by atoms with Crippen LogP contribution in [0, 0.1) is 19.8 Å². The van der Waals surface area contributed by atoms with E-state index in [4.69, 9.17) is 23.2 Å². The second kappa shape index (κ2) is 14.2. The Hall–Kier alpha value is -3.07. The molecular formula is C31H37Cl2N3O4S. The second-order valence-electron chi connectivity index (χ2n) is 10.4. The molecule has 0 aliphatic rings. The van der Waals surface area contributed by atoms with Crippen LogP contribution < -0.4 is 9.62 Å². The Morgan fingerprint density at radius 3 is 2.22 bits per heavy atom. The largest absolute Gasteiger partial charge is 0.354 e. The van der Waals surface area contributed by atoms with E-state index in [1.807, 2.05) is 27.7 Å². The van der Waals surface area contributed by atoms with E-state index >= 15 is 0 Å². The molecule has 0 unspecified atom stereocenters. The molecule has 0 spiro atoms. The highest BCUT2D eigenvalue weighted by atomic mass is 35.5. The summed E-state index contributed by atoms with van der Waals surface area (Å²) in [7, 11) is -4.19. The molecule has 0 aliphatic carbocycles. The molecule has 0 fully saturated rings. The van der Waals surface area contributed by atoms with Crippen LogP contribution in [-0.4, -0.2) is 44.3 Å². The lowest BCUT2D eigenvalue weighted by atomic mass is 10.1. The number of benzene rings is 3. The maximum absolute atomic E-state index is 14.2. The van der Waals surface area contributed by atoms with Gasteiger partial charge in [0.05, 0.1) is 10.6 Å². The van der Waals surface area contributed by atoms with Crippen LogP contribution in [-0.2, 0) is 26.2 Å². The highest BCUT2D eigenvalue weighted by Gasteiger charge is 2.34. The standard InChI is InChI=1S/C31H37Cl2N3O4S/c1-6-28(31(38)34-18-21(2)3)35(19-24-9-7-8-10-27(24)33)30(37)20-36(29-17-25(32)14-13-23(29)5)41(39,40)26-15-11-22(4)12-16-26/h7-17,21,28H,6,18-20H2,1-5H3,(H,34,38)/t28-/m0/s1. The van der Waals surface area contributed by atoms with Gasteiger partial charge in [0.1, 0.15) is 12.6 Å². The lowest BCUT2D eigenvalue weighted by Gasteiger charge is -2.34. The first-order valence-electron chi connectivity index (χ1n) is 13.5. The number of nitrogens with zero attached hydrogens (tertiary/aromatic N) is 2. The van der Waals surface area contributed by atoms with Gasteiger partial charge in [-0.15, -0.1) is 0 Å². The second-order valence-corrected chi connectivity index (χ2v) is 13.1. The molecule has 3 aromatic rings. The molecular weight excluding hydrogens is 581 g/mol. The first-order valence-corrected chi connectivity index (χ1v) is 15.7. The SMILES string of the molecule is CC[C@@H](C(=O)NCC(C)C)N(Cc1ccccc1Cl)C(=O)CN(c1cc(Cl)ccc1C)S(=O)(=O)c1ccc(C)cc1. The van der Waals surface area contributed by atoms with Crippen molar-refractivity contribution in [2.75, 3.05) is 17.4 Å². The zero-order chi connectivity index (χ0) is 30.3. The third kappa shape index (κ3) is 8.24. The number of carbonyl (C=O) groups excluding carboxylic acids is 2. The van der Waals surface area contributed by atoms with Crippen LogP contribution in [0.2, 0.25) is 10.0 Å². The van der Waals surface area contributed by atoms with Crippen molar-refractivity contribution in [2.24, 2.45) is 5.92 Å². The summed E-state index contributed by atoms with van der Waals surface area (Å²) in [5.74, 6) is -0.648. The van der Waals surface area contributed by atoms with Crippen molar-refractivity contribution in [1.29, 1.82) is 0 Å². The Balaban J connectivity index is 2.10. The minimum atomic E-state index is -4.19. The van der Waals surface area contributed by atoms with Crippen molar-refractivity contribution in [3.63, 3.8) is 0 Å². The molecule has 3 rings (SSSR count). The fourth-order valence-corrected chi connectivity index (χ4v) is 6.19. The first-order chi connectivity index (χ1) is 19.3.